The van der Waals surface area contributed by atoms with Crippen LogP contribution in [0.2, 0.25) is 0 Å². The van der Waals surface area contributed by atoms with Crippen LogP contribution < -0.4 is 5.32 Å². The maximum absolute atomic E-state index is 3.45. The molecule has 0 heterocycles. The lowest BCUT2D eigenvalue weighted by Crippen LogP contribution is -2.29. The fraction of sp³-hybridized carbons (Fsp3) is 0.333. The van der Waals surface area contributed by atoms with Crippen LogP contribution in [0.15, 0.2) is 42.5 Å². The van der Waals surface area contributed by atoms with Gasteiger partial charge in [0.05, 0.1) is 0 Å². The molecular weight excluding hydrogens is 357 g/mol. The number of likely N-dealkylation sites (N-methyl/N-ethyl adjacent to an activating group) is 1. The summed E-state index contributed by atoms with van der Waals surface area (Å²) in [5, 5.41) is 3.45. The van der Waals surface area contributed by atoms with Crippen molar-refractivity contribution in [2.75, 3.05) is 7.05 Å². The van der Waals surface area contributed by atoms with Gasteiger partial charge in [0.15, 0.2) is 0 Å². The van der Waals surface area contributed by atoms with Crippen molar-refractivity contribution in [2.45, 2.75) is 32.7 Å². The molecule has 0 aliphatic heterocycles. The summed E-state index contributed by atoms with van der Waals surface area (Å²) >= 11 is 2.35. The van der Waals surface area contributed by atoms with E-state index in [2.05, 4.69) is 91.3 Å². The highest BCUT2D eigenvalue weighted by Gasteiger charge is 2.09. The molecule has 20 heavy (non-hydrogen) atoms. The largest absolute Gasteiger partial charge is 0.316 e. The summed E-state index contributed by atoms with van der Waals surface area (Å²) < 4.78 is 1.29. The first kappa shape index (κ1) is 15.5. The van der Waals surface area contributed by atoms with Crippen molar-refractivity contribution in [3.05, 3.63) is 68.3 Å². The number of halogens is 1. The summed E-state index contributed by atoms with van der Waals surface area (Å²) in [6.45, 7) is 4.35. The second kappa shape index (κ2) is 7.23. The number of hydrogen-bond acceptors (Lipinski definition) is 1. The van der Waals surface area contributed by atoms with Crippen molar-refractivity contribution in [3.63, 3.8) is 0 Å². The second-order valence-electron chi connectivity index (χ2n) is 5.44. The standard InChI is InChI=1S/C18H22IN/c1-13-4-5-16(10-14(13)2)12-18(20-3)11-15-6-8-17(19)9-7-15/h4-10,18,20H,11-12H2,1-3H3. The molecule has 0 saturated heterocycles. The average Bonchev–Trinajstić information content (AvgIpc) is 2.44. The first-order valence-electron chi connectivity index (χ1n) is 7.06. The molecule has 0 spiro atoms. The zero-order chi connectivity index (χ0) is 14.5. The van der Waals surface area contributed by atoms with Gasteiger partial charge in [0.25, 0.3) is 0 Å². The molecule has 1 atom stereocenters. The SMILES string of the molecule is CNC(Cc1ccc(I)cc1)Cc1ccc(C)c(C)c1. The third kappa shape index (κ3) is 4.32. The number of hydrogen-bond donors (Lipinski definition) is 1. The second-order valence-corrected chi connectivity index (χ2v) is 6.68. The maximum atomic E-state index is 3.45. The van der Waals surface area contributed by atoms with Gasteiger partial charge in [-0.15, -0.1) is 0 Å². The van der Waals surface area contributed by atoms with Crippen LogP contribution in [0.4, 0.5) is 0 Å². The van der Waals surface area contributed by atoms with Crippen LogP contribution in [-0.4, -0.2) is 13.1 Å². The van der Waals surface area contributed by atoms with E-state index in [4.69, 9.17) is 0 Å². The van der Waals surface area contributed by atoms with Crippen LogP contribution in [0.25, 0.3) is 0 Å². The van der Waals surface area contributed by atoms with E-state index in [0.717, 1.165) is 12.8 Å². The zero-order valence-electron chi connectivity index (χ0n) is 12.4. The zero-order valence-corrected chi connectivity index (χ0v) is 14.6. The monoisotopic (exact) mass is 379 g/mol. The molecule has 0 aliphatic carbocycles. The van der Waals surface area contributed by atoms with E-state index in [1.165, 1.54) is 25.8 Å². The molecule has 0 aromatic heterocycles. The Hall–Kier alpha value is -0.870. The van der Waals surface area contributed by atoms with Crippen molar-refractivity contribution in [1.29, 1.82) is 0 Å². The molecule has 1 N–H and O–H groups in total. The van der Waals surface area contributed by atoms with Crippen LogP contribution in [0.1, 0.15) is 22.3 Å². The minimum atomic E-state index is 0.483. The number of benzene rings is 2. The molecule has 2 aromatic carbocycles. The molecule has 0 saturated carbocycles. The van der Waals surface area contributed by atoms with Gasteiger partial charge < -0.3 is 5.32 Å². The first-order chi connectivity index (χ1) is 9.58. The van der Waals surface area contributed by atoms with Crippen molar-refractivity contribution in [3.8, 4) is 0 Å². The minimum Gasteiger partial charge on any atom is -0.316 e. The van der Waals surface area contributed by atoms with Gasteiger partial charge >= 0.3 is 0 Å². The first-order valence-corrected chi connectivity index (χ1v) is 8.14. The third-order valence-electron chi connectivity index (χ3n) is 3.86. The molecule has 0 amide bonds. The summed E-state index contributed by atoms with van der Waals surface area (Å²) in [4.78, 5) is 0. The van der Waals surface area contributed by atoms with Gasteiger partial charge in [0, 0.05) is 9.61 Å². The molecule has 2 heteroatoms. The number of nitrogens with one attached hydrogen (secondary N) is 1. The number of aryl methyl sites for hydroxylation is 2. The van der Waals surface area contributed by atoms with Crippen molar-refractivity contribution >= 4 is 22.6 Å². The molecular formula is C18H22IN. The lowest BCUT2D eigenvalue weighted by atomic mass is 9.97. The molecule has 0 fully saturated rings. The van der Waals surface area contributed by atoms with Crippen molar-refractivity contribution < 1.29 is 0 Å². The van der Waals surface area contributed by atoms with Crippen LogP contribution >= 0.6 is 22.6 Å². The van der Waals surface area contributed by atoms with Crippen LogP contribution in [0.5, 0.6) is 0 Å². The summed E-state index contributed by atoms with van der Waals surface area (Å²) in [6.07, 6.45) is 2.14. The van der Waals surface area contributed by atoms with E-state index in [-0.39, 0.29) is 0 Å². The van der Waals surface area contributed by atoms with Gasteiger partial charge in [-0.1, -0.05) is 30.3 Å². The molecule has 1 unspecified atom stereocenters. The Morgan fingerprint density at radius 1 is 0.900 bits per heavy atom. The van der Waals surface area contributed by atoms with Gasteiger partial charge in [-0.2, -0.15) is 0 Å². The normalized spacial score (nSPS) is 12.4. The highest BCUT2D eigenvalue weighted by molar-refractivity contribution is 14.1. The Kier molecular flexibility index (Phi) is 5.61. The van der Waals surface area contributed by atoms with Crippen molar-refractivity contribution in [2.24, 2.45) is 0 Å². The highest BCUT2D eigenvalue weighted by atomic mass is 127. The molecule has 106 valence electrons. The molecule has 1 nitrogen and oxygen atoms in total. The van der Waals surface area contributed by atoms with E-state index >= 15 is 0 Å². The van der Waals surface area contributed by atoms with Gasteiger partial charge in [0.2, 0.25) is 0 Å². The lowest BCUT2D eigenvalue weighted by molar-refractivity contribution is 0.556. The molecule has 0 radical (unpaired) electrons. The average molecular weight is 379 g/mol. The maximum Gasteiger partial charge on any atom is 0.0145 e. The Morgan fingerprint density at radius 2 is 1.50 bits per heavy atom. The highest BCUT2D eigenvalue weighted by Crippen LogP contribution is 2.14. The van der Waals surface area contributed by atoms with E-state index < -0.39 is 0 Å². The predicted molar refractivity (Wildman–Crippen MR) is 95.3 cm³/mol. The fourth-order valence-corrected chi connectivity index (χ4v) is 2.76. The Bertz CT molecular complexity index is 560. The van der Waals surface area contributed by atoms with Crippen LogP contribution in [0.3, 0.4) is 0 Å². The molecule has 2 aromatic rings. The van der Waals surface area contributed by atoms with Gasteiger partial charge in [-0.05, 0) is 90.7 Å². The van der Waals surface area contributed by atoms with Crippen LogP contribution in [0, 0.1) is 17.4 Å². The lowest BCUT2D eigenvalue weighted by Gasteiger charge is -2.17. The molecule has 2 rings (SSSR count). The predicted octanol–water partition coefficient (Wildman–Crippen LogP) is 4.28. The summed E-state index contributed by atoms with van der Waals surface area (Å²) in [6, 6.07) is 16.1. The summed E-state index contributed by atoms with van der Waals surface area (Å²) in [7, 11) is 2.05. The van der Waals surface area contributed by atoms with E-state index in [1.54, 1.807) is 0 Å². The molecule has 0 aliphatic rings. The Labute approximate surface area is 135 Å². The third-order valence-corrected chi connectivity index (χ3v) is 4.58. The molecule has 0 bridgehead atoms. The Balaban J connectivity index is 2.04. The quantitative estimate of drug-likeness (QED) is 0.765. The van der Waals surface area contributed by atoms with E-state index in [9.17, 15) is 0 Å². The number of rotatable bonds is 5. The van der Waals surface area contributed by atoms with Crippen molar-refractivity contribution in [1.82, 2.24) is 5.32 Å². The minimum absolute atomic E-state index is 0.483. The topological polar surface area (TPSA) is 12.0 Å². The van der Waals surface area contributed by atoms with E-state index in [1.807, 2.05) is 0 Å². The van der Waals surface area contributed by atoms with Gasteiger partial charge in [-0.25, -0.2) is 0 Å². The van der Waals surface area contributed by atoms with E-state index in [0.29, 0.717) is 6.04 Å². The Morgan fingerprint density at radius 3 is 2.10 bits per heavy atom. The summed E-state index contributed by atoms with van der Waals surface area (Å²) in [5.41, 5.74) is 5.56. The fourth-order valence-electron chi connectivity index (χ4n) is 2.40. The smallest absolute Gasteiger partial charge is 0.0145 e. The van der Waals surface area contributed by atoms with Gasteiger partial charge in [-0.3, -0.25) is 0 Å². The van der Waals surface area contributed by atoms with Crippen LogP contribution in [-0.2, 0) is 12.8 Å². The van der Waals surface area contributed by atoms with Gasteiger partial charge in [0.1, 0.15) is 0 Å². The summed E-state index contributed by atoms with van der Waals surface area (Å²) in [5.74, 6) is 0.